The van der Waals surface area contributed by atoms with Crippen molar-refractivity contribution in [3.63, 3.8) is 0 Å². The molecular formula is C48H82O9. The van der Waals surface area contributed by atoms with E-state index >= 15 is 0 Å². The van der Waals surface area contributed by atoms with E-state index in [-0.39, 0.29) is 19.2 Å². The Kier molecular flexibility index (Phi) is 36.1. The SMILES string of the molecule is CC/C=C\C/C=C\C/C=C\C/C=C\CCCCCCCCCOCC(COC1OC(CO)C(O)C(O)C1O)OC(=O)CCCCCCC/C=C\C/C=C\CCCC. The molecule has 0 aromatic rings. The van der Waals surface area contributed by atoms with Gasteiger partial charge in [0.25, 0.3) is 0 Å². The highest BCUT2D eigenvalue weighted by molar-refractivity contribution is 5.69. The molecule has 1 aliphatic rings. The summed E-state index contributed by atoms with van der Waals surface area (Å²) in [6.45, 7) is 4.35. The van der Waals surface area contributed by atoms with Gasteiger partial charge in [0.1, 0.15) is 30.5 Å². The number of unbranched alkanes of at least 4 members (excludes halogenated alkanes) is 14. The van der Waals surface area contributed by atoms with Crippen LogP contribution in [0, 0.1) is 0 Å². The van der Waals surface area contributed by atoms with Gasteiger partial charge in [0, 0.05) is 13.0 Å². The zero-order chi connectivity index (χ0) is 41.4. The number of hydrogen-bond acceptors (Lipinski definition) is 9. The molecule has 328 valence electrons. The highest BCUT2D eigenvalue weighted by Crippen LogP contribution is 2.22. The van der Waals surface area contributed by atoms with Gasteiger partial charge in [-0.05, 0) is 77.0 Å². The molecule has 0 aromatic carbocycles. The first-order valence-corrected chi connectivity index (χ1v) is 22.5. The van der Waals surface area contributed by atoms with Gasteiger partial charge in [0.05, 0.1) is 19.8 Å². The van der Waals surface area contributed by atoms with Gasteiger partial charge in [-0.1, -0.05) is 151 Å². The molecular weight excluding hydrogens is 721 g/mol. The van der Waals surface area contributed by atoms with Crippen LogP contribution in [0.2, 0.25) is 0 Å². The number of rotatable bonds is 37. The minimum absolute atomic E-state index is 0.127. The van der Waals surface area contributed by atoms with Gasteiger partial charge in [-0.2, -0.15) is 0 Å². The van der Waals surface area contributed by atoms with Crippen molar-refractivity contribution in [1.82, 2.24) is 0 Å². The summed E-state index contributed by atoms with van der Waals surface area (Å²) < 4.78 is 22.8. The molecule has 0 spiro atoms. The third-order valence-corrected chi connectivity index (χ3v) is 9.86. The van der Waals surface area contributed by atoms with E-state index in [0.29, 0.717) is 13.0 Å². The minimum Gasteiger partial charge on any atom is -0.457 e. The largest absolute Gasteiger partial charge is 0.457 e. The number of allylic oxidation sites excluding steroid dienone is 12. The van der Waals surface area contributed by atoms with Crippen LogP contribution in [0.5, 0.6) is 0 Å². The highest BCUT2D eigenvalue weighted by Gasteiger charge is 2.44. The maximum Gasteiger partial charge on any atom is 0.306 e. The van der Waals surface area contributed by atoms with Crippen LogP contribution in [0.4, 0.5) is 0 Å². The number of carbonyl (C=O) groups is 1. The van der Waals surface area contributed by atoms with E-state index in [1.165, 1.54) is 38.5 Å². The van der Waals surface area contributed by atoms with Gasteiger partial charge in [-0.25, -0.2) is 0 Å². The lowest BCUT2D eigenvalue weighted by Gasteiger charge is -2.39. The van der Waals surface area contributed by atoms with E-state index in [1.807, 2.05) is 0 Å². The van der Waals surface area contributed by atoms with E-state index in [2.05, 4.69) is 86.8 Å². The standard InChI is InChI=1S/C48H82O9/c1-3-5-7-9-11-13-15-17-19-20-21-22-23-24-26-28-30-32-34-36-38-54-40-42(41-55-48-47(53)46(52)45(51)43(39-49)57-48)56-44(50)37-35-33-31-29-27-25-18-16-14-12-10-8-6-4-2/h5,7,10-13,16-19,21-22,42-43,45-49,51-53H,3-4,6,8-9,14-15,20,23-41H2,1-2H3/b7-5-,12-10-,13-11-,18-16-,19-17-,22-21-. The molecule has 9 heteroatoms. The lowest BCUT2D eigenvalue weighted by molar-refractivity contribution is -0.305. The van der Waals surface area contributed by atoms with Crippen molar-refractivity contribution in [1.29, 1.82) is 0 Å². The van der Waals surface area contributed by atoms with Crippen LogP contribution in [0.1, 0.15) is 162 Å². The number of ether oxygens (including phenoxy) is 4. The predicted octanol–water partition coefficient (Wildman–Crippen LogP) is 10.1. The molecule has 9 nitrogen and oxygen atoms in total. The molecule has 6 unspecified atom stereocenters. The lowest BCUT2D eigenvalue weighted by atomic mass is 9.99. The zero-order valence-electron chi connectivity index (χ0n) is 35.8. The molecule has 1 saturated heterocycles. The zero-order valence-corrected chi connectivity index (χ0v) is 35.8. The maximum atomic E-state index is 12.8. The van der Waals surface area contributed by atoms with Crippen LogP contribution >= 0.6 is 0 Å². The summed E-state index contributed by atoms with van der Waals surface area (Å²) in [7, 11) is 0. The minimum atomic E-state index is -1.54. The van der Waals surface area contributed by atoms with E-state index in [9.17, 15) is 25.2 Å². The summed E-state index contributed by atoms with van der Waals surface area (Å²) in [6.07, 6.45) is 43.5. The highest BCUT2D eigenvalue weighted by atomic mass is 16.7. The van der Waals surface area contributed by atoms with Gasteiger partial charge in [0.2, 0.25) is 0 Å². The van der Waals surface area contributed by atoms with E-state index in [1.54, 1.807) is 0 Å². The normalized spacial score (nSPS) is 21.1. The molecule has 1 rings (SSSR count). The quantitative estimate of drug-likeness (QED) is 0.0275. The Morgan fingerprint density at radius 2 is 1.07 bits per heavy atom. The summed E-state index contributed by atoms with van der Waals surface area (Å²) in [5, 5.41) is 40.1. The van der Waals surface area contributed by atoms with Gasteiger partial charge in [0.15, 0.2) is 6.29 Å². The fourth-order valence-corrected chi connectivity index (χ4v) is 6.32. The number of aliphatic hydroxyl groups is 4. The third kappa shape index (κ3) is 30.4. The van der Waals surface area contributed by atoms with Gasteiger partial charge >= 0.3 is 5.97 Å². The van der Waals surface area contributed by atoms with Crippen LogP contribution in [0.15, 0.2) is 72.9 Å². The molecule has 1 fully saturated rings. The summed E-state index contributed by atoms with van der Waals surface area (Å²) in [4.78, 5) is 12.8. The smallest absolute Gasteiger partial charge is 0.306 e. The van der Waals surface area contributed by atoms with Crippen LogP contribution < -0.4 is 0 Å². The van der Waals surface area contributed by atoms with Crippen molar-refractivity contribution < 1.29 is 44.2 Å². The fraction of sp³-hybridized carbons (Fsp3) is 0.729. The topological polar surface area (TPSA) is 135 Å². The van der Waals surface area contributed by atoms with Crippen molar-refractivity contribution in [3.8, 4) is 0 Å². The molecule has 1 aliphatic heterocycles. The summed E-state index contributed by atoms with van der Waals surface area (Å²) >= 11 is 0. The van der Waals surface area contributed by atoms with Crippen molar-refractivity contribution in [2.45, 2.75) is 198 Å². The Labute approximate surface area is 347 Å². The molecule has 0 bridgehead atoms. The molecule has 0 aromatic heterocycles. The summed E-state index contributed by atoms with van der Waals surface area (Å²) in [5.74, 6) is -0.335. The average molecular weight is 803 g/mol. The van der Waals surface area contributed by atoms with Gasteiger partial charge < -0.3 is 39.4 Å². The van der Waals surface area contributed by atoms with Crippen LogP contribution in [0.3, 0.4) is 0 Å². The molecule has 4 N–H and O–H groups in total. The first-order valence-electron chi connectivity index (χ1n) is 22.5. The van der Waals surface area contributed by atoms with Crippen LogP contribution in [0.25, 0.3) is 0 Å². The Bertz CT molecular complexity index is 1100. The summed E-state index contributed by atoms with van der Waals surface area (Å²) in [5.41, 5.74) is 0. The third-order valence-electron chi connectivity index (χ3n) is 9.86. The average Bonchev–Trinajstić information content (AvgIpc) is 3.21. The predicted molar refractivity (Wildman–Crippen MR) is 233 cm³/mol. The van der Waals surface area contributed by atoms with E-state index in [4.69, 9.17) is 18.9 Å². The first-order chi connectivity index (χ1) is 27.9. The van der Waals surface area contributed by atoms with Crippen LogP contribution in [-0.2, 0) is 23.7 Å². The van der Waals surface area contributed by atoms with Crippen molar-refractivity contribution in [2.24, 2.45) is 0 Å². The van der Waals surface area contributed by atoms with Gasteiger partial charge in [-0.3, -0.25) is 4.79 Å². The lowest BCUT2D eigenvalue weighted by Crippen LogP contribution is -2.59. The molecule has 0 saturated carbocycles. The Morgan fingerprint density at radius 1 is 0.579 bits per heavy atom. The number of aliphatic hydroxyl groups excluding tert-OH is 4. The molecule has 0 aliphatic carbocycles. The Hall–Kier alpha value is -2.37. The molecule has 6 atom stereocenters. The second-order valence-electron chi connectivity index (χ2n) is 15.1. The second kappa shape index (κ2) is 39.1. The molecule has 0 radical (unpaired) electrons. The van der Waals surface area contributed by atoms with Crippen molar-refractivity contribution in [2.75, 3.05) is 26.4 Å². The van der Waals surface area contributed by atoms with Crippen LogP contribution in [-0.4, -0.2) is 89.6 Å². The van der Waals surface area contributed by atoms with E-state index in [0.717, 1.165) is 103 Å². The second-order valence-corrected chi connectivity index (χ2v) is 15.1. The Morgan fingerprint density at radius 3 is 1.61 bits per heavy atom. The molecule has 1 heterocycles. The Balaban J connectivity index is 2.28. The van der Waals surface area contributed by atoms with E-state index < -0.39 is 43.4 Å². The number of hydrogen-bond donors (Lipinski definition) is 4. The number of carbonyl (C=O) groups excluding carboxylic acids is 1. The van der Waals surface area contributed by atoms with Gasteiger partial charge in [-0.15, -0.1) is 0 Å². The summed E-state index contributed by atoms with van der Waals surface area (Å²) in [6, 6.07) is 0. The molecule has 0 amide bonds. The van der Waals surface area contributed by atoms with Crippen molar-refractivity contribution in [3.05, 3.63) is 72.9 Å². The monoisotopic (exact) mass is 803 g/mol. The maximum absolute atomic E-state index is 12.8. The molecule has 57 heavy (non-hydrogen) atoms. The first kappa shape index (κ1) is 52.6. The fourth-order valence-electron chi connectivity index (χ4n) is 6.32. The number of esters is 1. The van der Waals surface area contributed by atoms with Crippen molar-refractivity contribution >= 4 is 5.97 Å².